The van der Waals surface area contributed by atoms with E-state index in [1.54, 1.807) is 22.0 Å². The highest BCUT2D eigenvalue weighted by molar-refractivity contribution is 6.02. The molecule has 3 aromatic rings. The van der Waals surface area contributed by atoms with Gasteiger partial charge in [0.1, 0.15) is 11.5 Å². The summed E-state index contributed by atoms with van der Waals surface area (Å²) in [4.78, 5) is 27.7. The van der Waals surface area contributed by atoms with Crippen molar-refractivity contribution in [3.05, 3.63) is 42.0 Å². The summed E-state index contributed by atoms with van der Waals surface area (Å²) in [6.45, 7) is 2.23. The molecule has 1 fully saturated rings. The Labute approximate surface area is 212 Å². The minimum Gasteiger partial charge on any atom is -0.493 e. The maximum absolute atomic E-state index is 15.3. The van der Waals surface area contributed by atoms with Gasteiger partial charge in [-0.3, -0.25) is 14.5 Å². The van der Waals surface area contributed by atoms with Gasteiger partial charge in [0, 0.05) is 56.2 Å². The first-order valence-electron chi connectivity index (χ1n) is 11.9. The molecule has 194 valence electrons. The van der Waals surface area contributed by atoms with Crippen LogP contribution in [0.1, 0.15) is 25.5 Å². The smallest absolute Gasteiger partial charge is 0.220 e. The fraction of sp³-hybridized carbons (Fsp3) is 0.400. The fourth-order valence-electron chi connectivity index (χ4n) is 4.68. The Morgan fingerprint density at radius 1 is 1.19 bits per heavy atom. The Hall–Kier alpha value is -4.09. The molecule has 1 aromatic carbocycles. The Morgan fingerprint density at radius 3 is 2.51 bits per heavy atom. The van der Waals surface area contributed by atoms with Crippen molar-refractivity contribution in [3.63, 3.8) is 0 Å². The quantitative estimate of drug-likeness (QED) is 0.542. The number of benzene rings is 1. The first-order valence-corrected chi connectivity index (χ1v) is 11.9. The van der Waals surface area contributed by atoms with Gasteiger partial charge in [-0.05, 0) is 6.42 Å². The second-order valence-electron chi connectivity index (χ2n) is 9.17. The van der Waals surface area contributed by atoms with E-state index < -0.39 is 17.3 Å². The Bertz CT molecular complexity index is 1360. The number of aromatic nitrogens is 4. The van der Waals surface area contributed by atoms with E-state index >= 15 is 8.78 Å². The first kappa shape index (κ1) is 24.6. The summed E-state index contributed by atoms with van der Waals surface area (Å²) >= 11 is 0. The van der Waals surface area contributed by atoms with Crippen LogP contribution in [0.3, 0.4) is 0 Å². The normalized spacial score (nSPS) is 20.2. The number of aliphatic imine (C=N–C) groups is 1. The highest BCUT2D eigenvalue weighted by Crippen LogP contribution is 2.39. The van der Waals surface area contributed by atoms with Crippen LogP contribution >= 0.6 is 0 Å². The summed E-state index contributed by atoms with van der Waals surface area (Å²) < 4.78 is 42.4. The molecule has 0 radical (unpaired) electrons. The van der Waals surface area contributed by atoms with Crippen LogP contribution in [0.25, 0.3) is 11.3 Å². The number of ether oxygens (including phenoxy) is 2. The average Bonchev–Trinajstić information content (AvgIpc) is 3.50. The number of anilines is 1. The number of fused-ring (bicyclic) bond motifs is 1. The van der Waals surface area contributed by atoms with Gasteiger partial charge in [0.15, 0.2) is 29.0 Å². The highest BCUT2D eigenvalue weighted by atomic mass is 19.1. The molecule has 4 heterocycles. The van der Waals surface area contributed by atoms with E-state index in [0.717, 1.165) is 17.3 Å². The van der Waals surface area contributed by atoms with Gasteiger partial charge in [-0.15, -0.1) is 0 Å². The molecule has 0 spiro atoms. The van der Waals surface area contributed by atoms with Crippen LogP contribution in [-0.2, 0) is 18.3 Å². The molecule has 0 saturated carbocycles. The van der Waals surface area contributed by atoms with Crippen LogP contribution in [0.15, 0.2) is 29.6 Å². The molecule has 2 aliphatic rings. The number of rotatable bonds is 6. The molecule has 1 saturated heterocycles. The minimum absolute atomic E-state index is 0.0430. The number of halogens is 2. The third kappa shape index (κ3) is 4.58. The lowest BCUT2D eigenvalue weighted by atomic mass is 9.97. The van der Waals surface area contributed by atoms with Crippen molar-refractivity contribution < 1.29 is 23.0 Å². The number of hydrogen-bond donors (Lipinski definition) is 1. The maximum atomic E-state index is 15.3. The summed E-state index contributed by atoms with van der Waals surface area (Å²) in [5, 5.41) is 7.16. The number of methoxy groups -OCH3 is 2. The lowest BCUT2D eigenvalue weighted by molar-refractivity contribution is -0.119. The van der Waals surface area contributed by atoms with E-state index in [2.05, 4.69) is 20.4 Å². The maximum Gasteiger partial charge on any atom is 0.220 e. The molecule has 2 aromatic heterocycles. The van der Waals surface area contributed by atoms with E-state index in [4.69, 9.17) is 14.5 Å². The molecule has 2 aliphatic heterocycles. The van der Waals surface area contributed by atoms with E-state index in [9.17, 15) is 4.79 Å². The van der Waals surface area contributed by atoms with Crippen molar-refractivity contribution in [2.45, 2.75) is 32.2 Å². The predicted octanol–water partition coefficient (Wildman–Crippen LogP) is 3.18. The van der Waals surface area contributed by atoms with Crippen LogP contribution < -0.4 is 19.7 Å². The van der Waals surface area contributed by atoms with E-state index in [0.29, 0.717) is 43.2 Å². The van der Waals surface area contributed by atoms with Gasteiger partial charge in [-0.1, -0.05) is 6.92 Å². The zero-order valence-electron chi connectivity index (χ0n) is 21.0. The van der Waals surface area contributed by atoms with Crippen molar-refractivity contribution >= 4 is 23.2 Å². The monoisotopic (exact) mass is 511 g/mol. The van der Waals surface area contributed by atoms with E-state index in [1.165, 1.54) is 14.2 Å². The lowest BCUT2D eigenvalue weighted by Gasteiger charge is -2.36. The van der Waals surface area contributed by atoms with Crippen LogP contribution in [0.5, 0.6) is 11.5 Å². The molecule has 5 rings (SSSR count). The number of nitrogens with zero attached hydrogens (tertiary/aromatic N) is 6. The number of amidine groups is 1. The molecule has 0 bridgehead atoms. The van der Waals surface area contributed by atoms with Crippen LogP contribution in [0.4, 0.5) is 20.3 Å². The number of carbonyl (C=O) groups is 1. The number of nitrogens with one attached hydrogen (secondary N) is 1. The second-order valence-corrected chi connectivity index (χ2v) is 9.17. The Balaban J connectivity index is 1.66. The van der Waals surface area contributed by atoms with Gasteiger partial charge in [-0.25, -0.2) is 18.8 Å². The summed E-state index contributed by atoms with van der Waals surface area (Å²) in [5.41, 5.74) is 1.59. The molecule has 0 aliphatic carbocycles. The topological polar surface area (TPSA) is 107 Å². The SMILES string of the molecule is COc1cc(OC)c(F)c(N=C2C(C)Cc3ncc(-c4cnn(C)c4)nc3N2CC2CCC(=O)N2)c1F. The zero-order chi connectivity index (χ0) is 26.3. The van der Waals surface area contributed by atoms with Crippen molar-refractivity contribution in [3.8, 4) is 22.8 Å². The molecule has 1 N–H and O–H groups in total. The number of amides is 1. The van der Waals surface area contributed by atoms with Crippen molar-refractivity contribution in [1.82, 2.24) is 25.1 Å². The molecular formula is C25H27F2N7O3. The Morgan fingerprint density at radius 2 is 1.92 bits per heavy atom. The van der Waals surface area contributed by atoms with Gasteiger partial charge in [0.05, 0.1) is 38.0 Å². The third-order valence-electron chi connectivity index (χ3n) is 6.57. The predicted molar refractivity (Wildman–Crippen MR) is 132 cm³/mol. The van der Waals surface area contributed by atoms with Gasteiger partial charge < -0.3 is 19.7 Å². The van der Waals surface area contributed by atoms with Crippen molar-refractivity contribution in [2.75, 3.05) is 25.7 Å². The van der Waals surface area contributed by atoms with Gasteiger partial charge in [-0.2, -0.15) is 5.10 Å². The fourth-order valence-corrected chi connectivity index (χ4v) is 4.68. The van der Waals surface area contributed by atoms with Crippen molar-refractivity contribution in [2.24, 2.45) is 18.0 Å². The molecule has 37 heavy (non-hydrogen) atoms. The summed E-state index contributed by atoms with van der Waals surface area (Å²) in [6.07, 6.45) is 6.69. The van der Waals surface area contributed by atoms with Gasteiger partial charge >= 0.3 is 0 Å². The molecule has 12 heteroatoms. The highest BCUT2D eigenvalue weighted by Gasteiger charge is 2.35. The number of hydrogen-bond acceptors (Lipinski definition) is 7. The van der Waals surface area contributed by atoms with Crippen LogP contribution in [0.2, 0.25) is 0 Å². The molecule has 1 amide bonds. The lowest BCUT2D eigenvalue weighted by Crippen LogP contribution is -2.47. The van der Waals surface area contributed by atoms with Crippen LogP contribution in [0, 0.1) is 17.6 Å². The standard InChI is InChI=1S/C25H27F2N7O3/c1-13-7-16-25(31-17(10-28-16)14-9-29-33(2)11-14)34(12-15-5-6-20(35)30-15)24(13)32-23-21(26)18(36-3)8-19(37-4)22(23)27/h8-11,13,15H,5-7,12H2,1-4H3,(H,30,35). The van der Waals surface area contributed by atoms with E-state index in [-0.39, 0.29) is 29.4 Å². The summed E-state index contributed by atoms with van der Waals surface area (Å²) in [5.74, 6) is -1.61. The third-order valence-corrected chi connectivity index (χ3v) is 6.57. The minimum atomic E-state index is -0.935. The summed E-state index contributed by atoms with van der Waals surface area (Å²) in [6, 6.07) is 0.958. The second kappa shape index (κ2) is 9.75. The average molecular weight is 512 g/mol. The van der Waals surface area contributed by atoms with Crippen LogP contribution in [-0.4, -0.2) is 58.3 Å². The molecular weight excluding hydrogens is 484 g/mol. The van der Waals surface area contributed by atoms with Gasteiger partial charge in [0.25, 0.3) is 0 Å². The molecule has 2 unspecified atom stereocenters. The largest absolute Gasteiger partial charge is 0.493 e. The first-order chi connectivity index (χ1) is 17.8. The zero-order valence-corrected chi connectivity index (χ0v) is 21.0. The Kier molecular flexibility index (Phi) is 6.48. The molecule has 10 nitrogen and oxygen atoms in total. The summed E-state index contributed by atoms with van der Waals surface area (Å²) in [7, 11) is 4.38. The van der Waals surface area contributed by atoms with Crippen molar-refractivity contribution in [1.29, 1.82) is 0 Å². The van der Waals surface area contributed by atoms with E-state index in [1.807, 2.05) is 20.2 Å². The molecule has 2 atom stereocenters. The number of aryl methyl sites for hydroxylation is 1. The number of carbonyl (C=O) groups excluding carboxylic acids is 1. The van der Waals surface area contributed by atoms with Gasteiger partial charge in [0.2, 0.25) is 5.91 Å².